The number of anilines is 1. The molecule has 0 aliphatic carbocycles. The quantitative estimate of drug-likeness (QED) is 0.750. The highest BCUT2D eigenvalue weighted by atomic mass is 35.5. The molecule has 1 saturated heterocycles. The number of hydrogen-bond donors (Lipinski definition) is 0. The van der Waals surface area contributed by atoms with Crippen LogP contribution in [0.2, 0.25) is 5.15 Å². The van der Waals surface area contributed by atoms with Gasteiger partial charge in [-0.15, -0.1) is 0 Å². The minimum absolute atomic E-state index is 0.577. The molecule has 0 spiro atoms. The van der Waals surface area contributed by atoms with Crippen molar-refractivity contribution < 1.29 is 0 Å². The molecule has 112 valence electrons. The van der Waals surface area contributed by atoms with Gasteiger partial charge in [0.2, 0.25) is 0 Å². The van der Waals surface area contributed by atoms with E-state index in [2.05, 4.69) is 23.7 Å². The normalized spacial score (nSPS) is 19.9. The van der Waals surface area contributed by atoms with Crippen molar-refractivity contribution in [2.45, 2.75) is 58.8 Å². The molecule has 3 nitrogen and oxygen atoms in total. The van der Waals surface area contributed by atoms with Gasteiger partial charge in [-0.1, -0.05) is 38.3 Å². The summed E-state index contributed by atoms with van der Waals surface area (Å²) in [6, 6.07) is 1.92. The Balaban J connectivity index is 2.07. The van der Waals surface area contributed by atoms with Crippen LogP contribution in [0.1, 0.15) is 58.2 Å². The molecule has 0 amide bonds. The summed E-state index contributed by atoms with van der Waals surface area (Å²) in [5, 5.41) is 0.577. The zero-order chi connectivity index (χ0) is 14.4. The fourth-order valence-corrected chi connectivity index (χ4v) is 3.24. The summed E-state index contributed by atoms with van der Waals surface area (Å²) < 4.78 is 0. The first-order valence-electron chi connectivity index (χ1n) is 8.01. The van der Waals surface area contributed by atoms with Crippen LogP contribution in [0.5, 0.6) is 0 Å². The van der Waals surface area contributed by atoms with Crippen LogP contribution in [0.15, 0.2) is 6.07 Å². The molecule has 0 bridgehead atoms. The van der Waals surface area contributed by atoms with Crippen molar-refractivity contribution in [3.05, 3.63) is 17.0 Å². The van der Waals surface area contributed by atoms with Crippen LogP contribution in [-0.4, -0.2) is 23.1 Å². The van der Waals surface area contributed by atoms with Crippen molar-refractivity contribution in [2.75, 3.05) is 18.0 Å². The van der Waals surface area contributed by atoms with Gasteiger partial charge in [-0.05, 0) is 31.6 Å². The lowest BCUT2D eigenvalue weighted by molar-refractivity contribution is 0.435. The summed E-state index contributed by atoms with van der Waals surface area (Å²) in [5.41, 5.74) is 0. The topological polar surface area (TPSA) is 29.0 Å². The van der Waals surface area contributed by atoms with E-state index in [0.29, 0.717) is 5.15 Å². The lowest BCUT2D eigenvalue weighted by atomic mass is 9.96. The van der Waals surface area contributed by atoms with Crippen LogP contribution in [-0.2, 0) is 6.42 Å². The molecular weight excluding hydrogens is 270 g/mol. The fraction of sp³-hybridized carbons (Fsp3) is 0.750. The Bertz CT molecular complexity index is 422. The van der Waals surface area contributed by atoms with Gasteiger partial charge in [0, 0.05) is 25.6 Å². The van der Waals surface area contributed by atoms with Crippen molar-refractivity contribution in [3.63, 3.8) is 0 Å². The molecule has 0 radical (unpaired) electrons. The van der Waals surface area contributed by atoms with E-state index in [4.69, 9.17) is 16.6 Å². The molecule has 1 fully saturated rings. The zero-order valence-corrected chi connectivity index (χ0v) is 13.5. The zero-order valence-electron chi connectivity index (χ0n) is 12.7. The lowest BCUT2D eigenvalue weighted by Gasteiger charge is -2.22. The van der Waals surface area contributed by atoms with E-state index in [0.717, 1.165) is 43.5 Å². The Morgan fingerprint density at radius 1 is 1.20 bits per heavy atom. The molecule has 1 atom stereocenters. The molecule has 4 heteroatoms. The molecule has 2 heterocycles. The first-order chi connectivity index (χ1) is 9.72. The second kappa shape index (κ2) is 7.82. The van der Waals surface area contributed by atoms with E-state index in [9.17, 15) is 0 Å². The van der Waals surface area contributed by atoms with Crippen molar-refractivity contribution in [1.29, 1.82) is 0 Å². The van der Waals surface area contributed by atoms with Crippen molar-refractivity contribution in [2.24, 2.45) is 5.92 Å². The molecule has 0 N–H and O–H groups in total. The number of rotatable bonds is 5. The van der Waals surface area contributed by atoms with Gasteiger partial charge in [0.1, 0.15) is 16.8 Å². The Hall–Kier alpha value is -0.830. The number of nitrogens with zero attached hydrogens (tertiary/aromatic N) is 3. The average Bonchev–Trinajstić information content (AvgIpc) is 2.65. The highest BCUT2D eigenvalue weighted by Gasteiger charge is 2.18. The van der Waals surface area contributed by atoms with Gasteiger partial charge in [-0.25, -0.2) is 9.97 Å². The third kappa shape index (κ3) is 4.34. The maximum atomic E-state index is 6.15. The highest BCUT2D eigenvalue weighted by molar-refractivity contribution is 6.29. The standard InChI is InChI=1S/C16H26ClN3/c1-3-6-13-8-5-10-20(11-9-13)16-12-14(17)18-15(19-16)7-4-2/h12-13H,3-11H2,1-2H3. The molecule has 1 aromatic rings. The van der Waals surface area contributed by atoms with Crippen molar-refractivity contribution in [1.82, 2.24) is 9.97 Å². The molecule has 1 aliphatic rings. The summed E-state index contributed by atoms with van der Waals surface area (Å²) in [7, 11) is 0. The van der Waals surface area contributed by atoms with Gasteiger partial charge in [-0.3, -0.25) is 0 Å². The minimum Gasteiger partial charge on any atom is -0.356 e. The smallest absolute Gasteiger partial charge is 0.134 e. The van der Waals surface area contributed by atoms with Crippen LogP contribution in [0, 0.1) is 5.92 Å². The summed E-state index contributed by atoms with van der Waals surface area (Å²) >= 11 is 6.15. The van der Waals surface area contributed by atoms with E-state index < -0.39 is 0 Å². The largest absolute Gasteiger partial charge is 0.356 e. The van der Waals surface area contributed by atoms with Crippen molar-refractivity contribution in [3.8, 4) is 0 Å². The van der Waals surface area contributed by atoms with Crippen LogP contribution >= 0.6 is 11.6 Å². The van der Waals surface area contributed by atoms with Gasteiger partial charge < -0.3 is 4.90 Å². The number of aromatic nitrogens is 2. The SMILES string of the molecule is CCCc1nc(Cl)cc(N2CCCC(CCC)CC2)n1. The second-order valence-electron chi connectivity index (χ2n) is 5.79. The number of halogens is 1. The number of hydrogen-bond acceptors (Lipinski definition) is 3. The third-order valence-corrected chi connectivity index (χ3v) is 4.26. The third-order valence-electron chi connectivity index (χ3n) is 4.07. The van der Waals surface area contributed by atoms with Crippen LogP contribution in [0.25, 0.3) is 0 Å². The van der Waals surface area contributed by atoms with Gasteiger partial charge >= 0.3 is 0 Å². The van der Waals surface area contributed by atoms with Crippen molar-refractivity contribution >= 4 is 17.4 Å². The van der Waals surface area contributed by atoms with E-state index in [-0.39, 0.29) is 0 Å². The highest BCUT2D eigenvalue weighted by Crippen LogP contribution is 2.25. The lowest BCUT2D eigenvalue weighted by Crippen LogP contribution is -2.25. The maximum Gasteiger partial charge on any atom is 0.134 e. The second-order valence-corrected chi connectivity index (χ2v) is 6.17. The average molecular weight is 296 g/mol. The Labute approximate surface area is 127 Å². The molecule has 0 aromatic carbocycles. The molecule has 20 heavy (non-hydrogen) atoms. The van der Waals surface area contributed by atoms with Gasteiger partial charge in [0.05, 0.1) is 0 Å². The Morgan fingerprint density at radius 2 is 2.05 bits per heavy atom. The molecule has 2 rings (SSSR count). The van der Waals surface area contributed by atoms with Gasteiger partial charge in [0.25, 0.3) is 0 Å². The Kier molecular flexibility index (Phi) is 6.08. The van der Waals surface area contributed by atoms with Crippen LogP contribution in [0.4, 0.5) is 5.82 Å². The fourth-order valence-electron chi connectivity index (χ4n) is 3.04. The summed E-state index contributed by atoms with van der Waals surface area (Å²) in [6.45, 7) is 6.62. The first-order valence-corrected chi connectivity index (χ1v) is 8.39. The maximum absolute atomic E-state index is 6.15. The molecule has 1 aliphatic heterocycles. The predicted octanol–water partition coefficient (Wildman–Crippen LogP) is 4.49. The van der Waals surface area contributed by atoms with E-state index in [1.54, 1.807) is 0 Å². The molecule has 1 unspecified atom stereocenters. The monoisotopic (exact) mass is 295 g/mol. The van der Waals surface area contributed by atoms with E-state index in [1.807, 2.05) is 6.07 Å². The summed E-state index contributed by atoms with van der Waals surface area (Å²) in [6.07, 6.45) is 8.50. The first kappa shape index (κ1) is 15.6. The van der Waals surface area contributed by atoms with E-state index >= 15 is 0 Å². The predicted molar refractivity (Wildman–Crippen MR) is 85.5 cm³/mol. The van der Waals surface area contributed by atoms with Crippen LogP contribution < -0.4 is 4.90 Å². The summed E-state index contributed by atoms with van der Waals surface area (Å²) in [5.74, 6) is 2.78. The van der Waals surface area contributed by atoms with E-state index in [1.165, 1.54) is 32.1 Å². The molecule has 0 saturated carbocycles. The molecule has 1 aromatic heterocycles. The Morgan fingerprint density at radius 3 is 2.80 bits per heavy atom. The number of aryl methyl sites for hydroxylation is 1. The van der Waals surface area contributed by atoms with Gasteiger partial charge in [0.15, 0.2) is 0 Å². The molecular formula is C16H26ClN3. The van der Waals surface area contributed by atoms with Gasteiger partial charge in [-0.2, -0.15) is 0 Å². The van der Waals surface area contributed by atoms with Crippen LogP contribution in [0.3, 0.4) is 0 Å². The minimum atomic E-state index is 0.577. The summed E-state index contributed by atoms with van der Waals surface area (Å²) in [4.78, 5) is 11.4.